The second kappa shape index (κ2) is 12.3. The zero-order valence-corrected chi connectivity index (χ0v) is 21.9. The molecule has 1 fully saturated rings. The molecule has 3 aromatic rings. The molecule has 0 bridgehead atoms. The van der Waals surface area contributed by atoms with Gasteiger partial charge in [0.25, 0.3) is 0 Å². The number of aliphatic imine (C=N–C) groups is 1. The number of benzene rings is 2. The average Bonchev–Trinajstić information content (AvgIpc) is 3.36. The Hall–Kier alpha value is -3.94. The lowest BCUT2D eigenvalue weighted by Gasteiger charge is -2.34. The number of hydrogen-bond donors (Lipinski definition) is 1. The van der Waals surface area contributed by atoms with E-state index in [0.29, 0.717) is 18.0 Å². The molecule has 8 heteroatoms. The predicted octanol–water partition coefficient (Wildman–Crippen LogP) is 4.59. The highest BCUT2D eigenvalue weighted by Crippen LogP contribution is 2.26. The minimum atomic E-state index is 0.0171. The quantitative estimate of drug-likeness (QED) is 0.264. The van der Waals surface area contributed by atoms with Crippen LogP contribution in [0.15, 0.2) is 65.1 Å². The lowest BCUT2D eigenvalue weighted by molar-refractivity contribution is -0.133. The number of aromatic nitrogens is 2. The van der Waals surface area contributed by atoms with Crippen molar-refractivity contribution in [2.45, 2.75) is 58.5 Å². The van der Waals surface area contributed by atoms with Crippen LogP contribution in [0.25, 0.3) is 5.69 Å². The van der Waals surface area contributed by atoms with E-state index < -0.39 is 0 Å². The summed E-state index contributed by atoms with van der Waals surface area (Å²) >= 11 is 0. The summed E-state index contributed by atoms with van der Waals surface area (Å²) < 4.78 is 7.50. The van der Waals surface area contributed by atoms with Gasteiger partial charge in [-0.15, -0.1) is 0 Å². The molecular weight excluding hydrogens is 464 g/mol. The minimum Gasteiger partial charge on any atom is -0.495 e. The number of carbonyl (C=O) groups is 1. The van der Waals surface area contributed by atoms with Crippen LogP contribution < -0.4 is 10.6 Å². The number of amides is 1. The Morgan fingerprint density at radius 1 is 1.16 bits per heavy atom. The van der Waals surface area contributed by atoms with Gasteiger partial charge in [-0.2, -0.15) is 5.10 Å². The molecule has 1 amide bonds. The van der Waals surface area contributed by atoms with Crippen molar-refractivity contribution >= 4 is 17.8 Å². The molecule has 1 heterocycles. The molecule has 2 N–H and O–H groups in total. The molecule has 4 rings (SSSR count). The third-order valence-electron chi connectivity index (χ3n) is 6.85. The maximum atomic E-state index is 13.3. The first kappa shape index (κ1) is 26.1. The van der Waals surface area contributed by atoms with E-state index in [4.69, 9.17) is 10.6 Å². The normalized spacial score (nSPS) is 14.7. The highest BCUT2D eigenvalue weighted by atomic mass is 16.5. The van der Waals surface area contributed by atoms with Gasteiger partial charge in [-0.1, -0.05) is 55.2 Å². The lowest BCUT2D eigenvalue weighted by Crippen LogP contribution is -2.42. The van der Waals surface area contributed by atoms with Crippen LogP contribution in [-0.2, 0) is 11.3 Å². The molecule has 194 valence electrons. The Morgan fingerprint density at radius 3 is 2.57 bits per heavy atom. The van der Waals surface area contributed by atoms with Gasteiger partial charge < -0.3 is 20.0 Å². The van der Waals surface area contributed by atoms with Crippen LogP contribution in [-0.4, -0.2) is 52.0 Å². The fraction of sp³-hybridized carbons (Fsp3) is 0.379. The zero-order valence-electron chi connectivity index (χ0n) is 21.9. The van der Waals surface area contributed by atoms with Gasteiger partial charge in [0.05, 0.1) is 24.8 Å². The van der Waals surface area contributed by atoms with Crippen molar-refractivity contribution in [3.8, 4) is 11.4 Å². The Bertz CT molecular complexity index is 1260. The number of carbonyl (C=O) groups excluding carboxylic acids is 1. The second-order valence-corrected chi connectivity index (χ2v) is 9.59. The Morgan fingerprint density at radius 2 is 1.92 bits per heavy atom. The van der Waals surface area contributed by atoms with Gasteiger partial charge in [-0.25, -0.2) is 4.98 Å². The van der Waals surface area contributed by atoms with E-state index in [0.717, 1.165) is 48.2 Å². The molecular formula is C29H36N6O2. The maximum Gasteiger partial charge on any atom is 0.244 e. The van der Waals surface area contributed by atoms with Crippen LogP contribution in [0.1, 0.15) is 54.5 Å². The zero-order chi connectivity index (χ0) is 26.2. The van der Waals surface area contributed by atoms with Crippen LogP contribution in [0, 0.1) is 13.8 Å². The Labute approximate surface area is 218 Å². The monoisotopic (exact) mass is 500 g/mol. The molecule has 0 atom stereocenters. The van der Waals surface area contributed by atoms with Crippen molar-refractivity contribution in [2.75, 3.05) is 13.7 Å². The second-order valence-electron chi connectivity index (χ2n) is 9.59. The molecule has 1 aliphatic rings. The molecule has 2 aromatic carbocycles. The van der Waals surface area contributed by atoms with E-state index in [1.165, 1.54) is 12.0 Å². The first-order valence-corrected chi connectivity index (χ1v) is 12.8. The number of aryl methyl sites for hydroxylation is 2. The molecule has 37 heavy (non-hydrogen) atoms. The van der Waals surface area contributed by atoms with Gasteiger partial charge in [0, 0.05) is 30.6 Å². The van der Waals surface area contributed by atoms with E-state index in [1.54, 1.807) is 19.7 Å². The summed E-state index contributed by atoms with van der Waals surface area (Å²) in [7, 11) is 1.62. The van der Waals surface area contributed by atoms with Crippen LogP contribution >= 0.6 is 0 Å². The summed E-state index contributed by atoms with van der Waals surface area (Å²) in [6.07, 6.45) is 10.9. The van der Waals surface area contributed by atoms with Gasteiger partial charge in [-0.05, 0) is 44.4 Å². The van der Waals surface area contributed by atoms with Gasteiger partial charge in [0.1, 0.15) is 18.0 Å². The molecule has 1 saturated carbocycles. The topological polar surface area (TPSA) is 98.1 Å². The smallest absolute Gasteiger partial charge is 0.244 e. The van der Waals surface area contributed by atoms with Crippen molar-refractivity contribution in [1.29, 1.82) is 0 Å². The predicted molar refractivity (Wildman–Crippen MR) is 148 cm³/mol. The van der Waals surface area contributed by atoms with E-state index in [2.05, 4.69) is 46.3 Å². The van der Waals surface area contributed by atoms with Gasteiger partial charge >= 0.3 is 0 Å². The van der Waals surface area contributed by atoms with Crippen LogP contribution in [0.5, 0.6) is 5.75 Å². The summed E-state index contributed by atoms with van der Waals surface area (Å²) in [5, 5.41) is 3.92. The number of nitrogens with two attached hydrogens (primary N) is 1. The highest BCUT2D eigenvalue weighted by Gasteiger charge is 2.25. The Kier molecular flexibility index (Phi) is 8.72. The fourth-order valence-corrected chi connectivity index (χ4v) is 4.79. The highest BCUT2D eigenvalue weighted by molar-refractivity contribution is 6.38. The summed E-state index contributed by atoms with van der Waals surface area (Å²) in [5.74, 6) is 6.37. The summed E-state index contributed by atoms with van der Waals surface area (Å²) in [5.41, 5.74) is 5.34. The number of rotatable bonds is 9. The number of hydrazone groups is 1. The van der Waals surface area contributed by atoms with Gasteiger partial charge in [0.2, 0.25) is 5.91 Å². The van der Waals surface area contributed by atoms with E-state index in [1.807, 2.05) is 40.8 Å². The van der Waals surface area contributed by atoms with Crippen LogP contribution in [0.3, 0.4) is 0 Å². The molecule has 0 saturated heterocycles. The van der Waals surface area contributed by atoms with Crippen LogP contribution in [0.2, 0.25) is 0 Å². The fourth-order valence-electron chi connectivity index (χ4n) is 4.79. The number of hydrogen-bond acceptors (Lipinski definition) is 6. The molecule has 0 radical (unpaired) electrons. The number of methoxy groups -OCH3 is 1. The molecule has 8 nitrogen and oxygen atoms in total. The first-order valence-electron chi connectivity index (χ1n) is 12.8. The van der Waals surface area contributed by atoms with E-state index in [-0.39, 0.29) is 18.5 Å². The SMILES string of the molecule is COc1cc(/C(C=NCC(=O)N(Cc2ccc(C)cc2)C2CCCCC2)=N/N)ccc1-n1cnc(C)c1. The minimum absolute atomic E-state index is 0.0171. The third-order valence-corrected chi connectivity index (χ3v) is 6.85. The van der Waals surface area contributed by atoms with Gasteiger partial charge in [-0.3, -0.25) is 9.79 Å². The average molecular weight is 501 g/mol. The summed E-state index contributed by atoms with van der Waals surface area (Å²) in [6.45, 7) is 4.65. The Balaban J connectivity index is 1.47. The lowest BCUT2D eigenvalue weighted by atomic mass is 9.93. The van der Waals surface area contributed by atoms with Crippen molar-refractivity contribution in [1.82, 2.24) is 14.5 Å². The molecule has 1 aliphatic carbocycles. The van der Waals surface area contributed by atoms with Crippen molar-refractivity contribution in [3.05, 3.63) is 77.4 Å². The number of imidazole rings is 1. The van der Waals surface area contributed by atoms with Gasteiger partial charge in [0.15, 0.2) is 0 Å². The van der Waals surface area contributed by atoms with Crippen molar-refractivity contribution < 1.29 is 9.53 Å². The molecule has 0 aliphatic heterocycles. The van der Waals surface area contributed by atoms with Crippen molar-refractivity contribution in [2.24, 2.45) is 15.9 Å². The standard InChI is InChI=1S/C29H36N6O2/c1-21-9-11-23(12-10-21)19-35(25-7-5-4-6-8-25)29(36)17-31-16-26(33-30)24-13-14-27(28(15-24)37-3)34-18-22(2)32-20-34/h9-16,18,20,25H,4-8,17,19,30H2,1-3H3/b31-16?,33-26+. The third kappa shape index (κ3) is 6.64. The summed E-state index contributed by atoms with van der Waals surface area (Å²) in [6, 6.07) is 14.3. The molecule has 0 spiro atoms. The van der Waals surface area contributed by atoms with E-state index in [9.17, 15) is 4.79 Å². The molecule has 1 aromatic heterocycles. The van der Waals surface area contributed by atoms with Crippen LogP contribution in [0.4, 0.5) is 0 Å². The molecule has 0 unspecified atom stereocenters. The van der Waals surface area contributed by atoms with E-state index >= 15 is 0 Å². The summed E-state index contributed by atoms with van der Waals surface area (Å²) in [4.78, 5) is 24.1. The first-order chi connectivity index (χ1) is 18.0. The largest absolute Gasteiger partial charge is 0.495 e. The van der Waals surface area contributed by atoms with Crippen molar-refractivity contribution in [3.63, 3.8) is 0 Å². The number of ether oxygens (including phenoxy) is 1. The number of nitrogens with zero attached hydrogens (tertiary/aromatic N) is 5. The maximum absolute atomic E-state index is 13.3.